The van der Waals surface area contributed by atoms with E-state index in [-0.39, 0.29) is 18.1 Å². The molecule has 1 amide bonds. The molecule has 632 valence electrons. The monoisotopic (exact) mass is 1710 g/mol. The van der Waals surface area contributed by atoms with Crippen molar-refractivity contribution in [2.75, 3.05) is 51.4 Å². The Hall–Kier alpha value is -16.8. The number of methoxy groups -OCH3 is 4. The molecule has 0 unspecified atom stereocenters. The van der Waals surface area contributed by atoms with E-state index in [1.807, 2.05) is 170 Å². The number of anilines is 3. The lowest BCUT2D eigenvalue weighted by molar-refractivity contribution is 0.0816. The first kappa shape index (κ1) is 81.2. The average molecular weight is 1720 g/mol. The number of hydrogen-bond acceptors (Lipinski definition) is 31. The van der Waals surface area contributed by atoms with Gasteiger partial charge in [-0.05, 0) is 127 Å². The molecule has 3 aromatic carbocycles. The molecule has 20 aromatic rings. The van der Waals surface area contributed by atoms with Crippen molar-refractivity contribution < 1.29 is 28.5 Å². The minimum absolute atomic E-state index is 0.0497. The summed E-state index contributed by atoms with van der Waals surface area (Å²) in [5.41, 5.74) is 25.2. The van der Waals surface area contributed by atoms with E-state index in [0.717, 1.165) is 129 Å². The highest BCUT2D eigenvalue weighted by atomic mass is 35.5. The Morgan fingerprint density at radius 2 is 0.882 bits per heavy atom. The zero-order valence-electron chi connectivity index (χ0n) is 69.1. The number of nitrogens with two attached hydrogens (primary N) is 1. The van der Waals surface area contributed by atoms with Crippen molar-refractivity contribution in [1.29, 1.82) is 0 Å². The summed E-state index contributed by atoms with van der Waals surface area (Å²) >= 11 is 6.32. The number of fused-ring (bicyclic) bond motifs is 9. The van der Waals surface area contributed by atoms with E-state index < -0.39 is 0 Å². The molecule has 18 heterocycles. The minimum atomic E-state index is -0.0742. The molecule has 0 spiro atoms. The van der Waals surface area contributed by atoms with E-state index >= 15 is 0 Å². The quantitative estimate of drug-likeness (QED) is 0.0489. The molecule has 38 nitrogen and oxygen atoms in total. The van der Waals surface area contributed by atoms with Crippen LogP contribution in [0.3, 0.4) is 0 Å². The van der Waals surface area contributed by atoms with Gasteiger partial charge in [0.2, 0.25) is 5.56 Å². The van der Waals surface area contributed by atoms with Crippen molar-refractivity contribution in [3.8, 4) is 73.8 Å². The van der Waals surface area contributed by atoms with Crippen LogP contribution in [0.5, 0.6) is 28.7 Å². The smallest absolute Gasteiger partial charge is 0.254 e. The van der Waals surface area contributed by atoms with Crippen LogP contribution in [0.25, 0.3) is 112 Å². The number of amides is 1. The third-order valence-electron chi connectivity index (χ3n) is 20.8. The van der Waals surface area contributed by atoms with Crippen molar-refractivity contribution >= 4 is 101 Å². The highest BCUT2D eigenvalue weighted by molar-refractivity contribution is 6.31. The van der Waals surface area contributed by atoms with Crippen LogP contribution in [-0.2, 0) is 52.9 Å². The standard InChI is InChI=1S/C24H20N8O2.C23H19ClN6O2.C21H18N8O2.C20H19N9O/c1-31-13-15-9-14(3-4-17(15)24(31)33)18-5-6-21-28-29-22(32(21)30-18)12-26-19-7-8-25-20-10-16(34-2)11-27-23(19)20;1-31-16-4-5-17-20(11-16)26-9-8-21(17)32-13-23-28-27-22-7-6-19(29-30(22)23)14-2-3-15(12-25)18(24)10-14;1-28-12-13(3-6-20(28)30)15-4-5-18-25-26-19(29(18)27-15)11-23-16-7-8-22-17-9-14(31-2)10-24-21(16)17;1-3-28-12-13(9-24-28)15-4-5-18-25-26-19(29(18)27-15)11-22-16-6-7-21-17-8-14(30-2)10-23-20(16)17/h3-11H,12-13H2,1-2H3,(H,25,26);2-11H,12-13,25H2,1H3;3-10,12H,11H2,1-2H3,(H,22,23);4-10,12H,3,11H2,1-2H3,(H,21,22). The van der Waals surface area contributed by atoms with Crippen molar-refractivity contribution in [3.63, 3.8) is 0 Å². The van der Waals surface area contributed by atoms with Crippen LogP contribution in [0.1, 0.15) is 51.7 Å². The van der Waals surface area contributed by atoms with Gasteiger partial charge < -0.3 is 54.8 Å². The summed E-state index contributed by atoms with van der Waals surface area (Å²) in [5.74, 6) is 6.00. The summed E-state index contributed by atoms with van der Waals surface area (Å²) in [6, 6.07) is 48.5. The van der Waals surface area contributed by atoms with E-state index in [0.29, 0.717) is 112 Å². The normalized spacial score (nSPS) is 11.7. The maximum atomic E-state index is 12.2. The Bertz CT molecular complexity index is 7610. The third kappa shape index (κ3) is 17.1. The Labute approximate surface area is 725 Å². The first-order chi connectivity index (χ1) is 62.1. The van der Waals surface area contributed by atoms with Crippen molar-refractivity contribution in [1.82, 2.24) is 133 Å². The molecule has 0 radical (unpaired) electrons. The van der Waals surface area contributed by atoms with Gasteiger partial charge in [-0.3, -0.25) is 34.2 Å². The number of carbonyl (C=O) groups is 1. The van der Waals surface area contributed by atoms with Crippen molar-refractivity contribution in [2.24, 2.45) is 12.8 Å². The van der Waals surface area contributed by atoms with E-state index in [1.165, 1.54) is 10.6 Å². The number of benzene rings is 3. The van der Waals surface area contributed by atoms with Gasteiger partial charge in [0.15, 0.2) is 45.9 Å². The highest BCUT2D eigenvalue weighted by Gasteiger charge is 2.26. The molecule has 0 bridgehead atoms. The van der Waals surface area contributed by atoms with Crippen molar-refractivity contribution in [3.05, 3.63) is 275 Å². The molecule has 127 heavy (non-hydrogen) atoms. The number of aryl methyl sites for hydroxylation is 2. The summed E-state index contributed by atoms with van der Waals surface area (Å²) in [5, 5.41) is 68.7. The molecule has 0 fully saturated rings. The summed E-state index contributed by atoms with van der Waals surface area (Å²) < 4.78 is 37.2. The molecule has 0 atom stereocenters. The van der Waals surface area contributed by atoms with Crippen LogP contribution in [0, 0.1) is 0 Å². The number of hydrogen-bond donors (Lipinski definition) is 4. The first-order valence-corrected chi connectivity index (χ1v) is 40.1. The molecular weight excluding hydrogens is 1640 g/mol. The van der Waals surface area contributed by atoms with Crippen LogP contribution in [-0.4, -0.2) is 175 Å². The predicted molar refractivity (Wildman–Crippen MR) is 473 cm³/mol. The topological polar surface area (TPSA) is 431 Å². The van der Waals surface area contributed by atoms with E-state index in [1.54, 1.807) is 121 Å². The fourth-order valence-electron chi connectivity index (χ4n) is 14.1. The van der Waals surface area contributed by atoms with Crippen LogP contribution >= 0.6 is 11.6 Å². The van der Waals surface area contributed by atoms with Gasteiger partial charge in [-0.15, -0.1) is 40.8 Å². The van der Waals surface area contributed by atoms with E-state index in [9.17, 15) is 9.59 Å². The van der Waals surface area contributed by atoms with Gasteiger partial charge in [0.05, 0.1) is 135 Å². The molecule has 5 N–H and O–H groups in total. The van der Waals surface area contributed by atoms with Gasteiger partial charge in [0.1, 0.15) is 51.9 Å². The van der Waals surface area contributed by atoms with Crippen molar-refractivity contribution in [2.45, 2.75) is 52.8 Å². The molecule has 0 saturated heterocycles. The van der Waals surface area contributed by atoms with Gasteiger partial charge in [-0.1, -0.05) is 29.8 Å². The third-order valence-corrected chi connectivity index (χ3v) is 21.2. The molecule has 17 aromatic heterocycles. The molecular formula is C88H76ClN31O7. The zero-order valence-corrected chi connectivity index (χ0v) is 69.9. The number of nitrogens with one attached hydrogen (secondary N) is 3. The van der Waals surface area contributed by atoms with Gasteiger partial charge in [-0.25, -0.2) is 15.0 Å². The lowest BCUT2D eigenvalue weighted by Gasteiger charge is -2.09. The SMILES string of the molecule is CCn1cc(-c2ccc3nnc(CNc4ccnc5cc(OC)cnc45)n3n2)cn1.COc1ccc2c(OCc3nnc4ccc(-c5ccc(CN)c(Cl)c5)nn34)ccnc2c1.COc1cnc2c(NCc3nnc4ccc(-c5ccc(=O)n(C)c5)nn34)ccnc2c1.COc1cnc2c(NCc3nnc4ccc(-c5ccc6c(c5)CN(C)C6=O)nn34)ccnc2c1. The predicted octanol–water partition coefficient (Wildman–Crippen LogP) is 11.6. The lowest BCUT2D eigenvalue weighted by Crippen LogP contribution is -2.17. The Morgan fingerprint density at radius 1 is 0.433 bits per heavy atom. The fourth-order valence-corrected chi connectivity index (χ4v) is 14.4. The summed E-state index contributed by atoms with van der Waals surface area (Å²) in [6.45, 7) is 5.25. The fraction of sp³-hybridized carbons (Fsp3) is 0.159. The lowest BCUT2D eigenvalue weighted by atomic mass is 10.0. The zero-order chi connectivity index (χ0) is 87.2. The number of carbonyl (C=O) groups excluding carboxylic acids is 1. The number of nitrogens with zero attached hydrogens (tertiary/aromatic N) is 27. The number of aromatic nitrogens is 26. The summed E-state index contributed by atoms with van der Waals surface area (Å²) in [6.07, 6.45) is 17.4. The Balaban J connectivity index is 0.000000115. The average Bonchev–Trinajstić information content (AvgIpc) is 1.69. The Morgan fingerprint density at radius 3 is 1.36 bits per heavy atom. The molecule has 0 saturated carbocycles. The maximum absolute atomic E-state index is 12.2. The Kier molecular flexibility index (Phi) is 22.9. The van der Waals surface area contributed by atoms with Crippen LogP contribution in [0.2, 0.25) is 5.02 Å². The minimum Gasteiger partial charge on any atom is -0.497 e. The second-order valence-electron chi connectivity index (χ2n) is 28.8. The van der Waals surface area contributed by atoms with Crippen LogP contribution in [0.15, 0.2) is 224 Å². The van der Waals surface area contributed by atoms with Crippen LogP contribution < -0.4 is 50.9 Å². The first-order valence-electron chi connectivity index (χ1n) is 39.7. The molecule has 0 aliphatic carbocycles. The second-order valence-corrected chi connectivity index (χ2v) is 29.2. The molecule has 1 aliphatic heterocycles. The number of rotatable bonds is 22. The number of ether oxygens (including phenoxy) is 5. The van der Waals surface area contributed by atoms with Gasteiger partial charge >= 0.3 is 0 Å². The highest BCUT2D eigenvalue weighted by Crippen LogP contribution is 2.33. The molecule has 21 rings (SSSR count). The molecule has 1 aliphatic rings. The van der Waals surface area contributed by atoms with Gasteiger partial charge in [0.25, 0.3) is 5.91 Å². The van der Waals surface area contributed by atoms with E-state index in [4.69, 9.17) is 56.3 Å². The van der Waals surface area contributed by atoms with E-state index in [2.05, 4.69) is 102 Å². The number of halogens is 1. The molecule has 39 heteroatoms. The maximum Gasteiger partial charge on any atom is 0.254 e. The summed E-state index contributed by atoms with van der Waals surface area (Å²) in [7, 11) is 9.94. The second kappa shape index (κ2) is 35.7. The number of pyridine rings is 8. The largest absolute Gasteiger partial charge is 0.497 e. The van der Waals surface area contributed by atoms with Gasteiger partial charge in [-0.2, -0.15) is 43.6 Å². The van der Waals surface area contributed by atoms with Crippen LogP contribution in [0.4, 0.5) is 17.1 Å². The summed E-state index contributed by atoms with van der Waals surface area (Å²) in [4.78, 5) is 56.4. The van der Waals surface area contributed by atoms with Gasteiger partial charge in [0, 0.05) is 139 Å².